The van der Waals surface area contributed by atoms with Crippen LogP contribution in [-0.4, -0.2) is 42.6 Å². The van der Waals surface area contributed by atoms with Crippen molar-refractivity contribution in [1.29, 1.82) is 0 Å². The molecule has 1 saturated heterocycles. The number of piperidine rings is 1. The number of halogens is 1. The van der Waals surface area contributed by atoms with Gasteiger partial charge in [-0.25, -0.2) is 9.67 Å². The molecule has 1 amide bonds. The van der Waals surface area contributed by atoms with Crippen molar-refractivity contribution in [3.05, 3.63) is 17.7 Å². The Labute approximate surface area is 120 Å². The molecule has 1 saturated carbocycles. The van der Waals surface area contributed by atoms with E-state index in [1.54, 1.807) is 19.3 Å². The van der Waals surface area contributed by atoms with Crippen LogP contribution in [-0.2, 0) is 11.3 Å². The Balaban J connectivity index is 1.64. The SMILES string of the molecule is CC(=O)N1[C@H](Cn2ncc3cnc(Cl)nc32)C[C@@H]2C[C@@H]21. The maximum atomic E-state index is 11.8. The van der Waals surface area contributed by atoms with E-state index in [0.717, 1.165) is 23.9 Å². The second-order valence-corrected chi connectivity index (χ2v) is 5.96. The molecule has 0 unspecified atom stereocenters. The van der Waals surface area contributed by atoms with Gasteiger partial charge >= 0.3 is 0 Å². The summed E-state index contributed by atoms with van der Waals surface area (Å²) in [6.45, 7) is 2.32. The average molecular weight is 292 g/mol. The monoisotopic (exact) mass is 291 g/mol. The highest BCUT2D eigenvalue weighted by molar-refractivity contribution is 6.28. The minimum atomic E-state index is 0.157. The molecule has 2 aromatic rings. The van der Waals surface area contributed by atoms with Gasteiger partial charge in [0.1, 0.15) is 0 Å². The summed E-state index contributed by atoms with van der Waals surface area (Å²) in [6.07, 6.45) is 5.62. The van der Waals surface area contributed by atoms with E-state index in [4.69, 9.17) is 11.6 Å². The number of nitrogens with zero attached hydrogens (tertiary/aromatic N) is 5. The first-order chi connectivity index (χ1) is 9.63. The summed E-state index contributed by atoms with van der Waals surface area (Å²) in [7, 11) is 0. The lowest BCUT2D eigenvalue weighted by atomic mass is 10.1. The second kappa shape index (κ2) is 4.15. The van der Waals surface area contributed by atoms with Gasteiger partial charge in [0.2, 0.25) is 11.2 Å². The van der Waals surface area contributed by atoms with Crippen LogP contribution in [0, 0.1) is 5.92 Å². The Morgan fingerprint density at radius 2 is 2.30 bits per heavy atom. The highest BCUT2D eigenvalue weighted by atomic mass is 35.5. The highest BCUT2D eigenvalue weighted by Crippen LogP contribution is 2.48. The molecule has 4 rings (SSSR count). The van der Waals surface area contributed by atoms with Gasteiger partial charge in [-0.3, -0.25) is 4.79 Å². The quantitative estimate of drug-likeness (QED) is 0.787. The molecular weight excluding hydrogens is 278 g/mol. The summed E-state index contributed by atoms with van der Waals surface area (Å²) in [5, 5.41) is 5.44. The fourth-order valence-electron chi connectivity index (χ4n) is 3.39. The van der Waals surface area contributed by atoms with Crippen LogP contribution in [0.2, 0.25) is 5.28 Å². The zero-order chi connectivity index (χ0) is 13.9. The molecule has 0 radical (unpaired) electrons. The van der Waals surface area contributed by atoms with Crippen molar-refractivity contribution in [1.82, 2.24) is 24.6 Å². The number of aromatic nitrogens is 4. The van der Waals surface area contributed by atoms with Gasteiger partial charge in [0.15, 0.2) is 5.65 Å². The number of hydrogen-bond acceptors (Lipinski definition) is 4. The molecule has 2 fully saturated rings. The van der Waals surface area contributed by atoms with Gasteiger partial charge in [0.25, 0.3) is 0 Å². The van der Waals surface area contributed by atoms with Gasteiger partial charge in [-0.2, -0.15) is 10.1 Å². The molecule has 1 aliphatic heterocycles. The molecule has 0 bridgehead atoms. The standard InChI is InChI=1S/C13H14ClN5O/c1-7(20)19-10(2-8-3-11(8)19)6-18-12-9(5-16-18)4-15-13(14)17-12/h4-5,8,10-11H,2-3,6H2,1H3/t8-,10+,11+/m1/s1. The van der Waals surface area contributed by atoms with E-state index in [0.29, 0.717) is 18.5 Å². The summed E-state index contributed by atoms with van der Waals surface area (Å²) >= 11 is 5.85. The van der Waals surface area contributed by atoms with Gasteiger partial charge in [-0.15, -0.1) is 0 Å². The smallest absolute Gasteiger partial charge is 0.224 e. The minimum absolute atomic E-state index is 0.157. The molecule has 20 heavy (non-hydrogen) atoms. The number of likely N-dealkylation sites (tertiary alicyclic amines) is 1. The van der Waals surface area contributed by atoms with Gasteiger partial charge < -0.3 is 4.90 Å². The third-order valence-corrected chi connectivity index (χ3v) is 4.49. The van der Waals surface area contributed by atoms with Crippen molar-refractivity contribution in [3.63, 3.8) is 0 Å². The molecule has 0 spiro atoms. The zero-order valence-electron chi connectivity index (χ0n) is 11.0. The fourth-order valence-corrected chi connectivity index (χ4v) is 3.52. The number of rotatable bonds is 2. The number of amides is 1. The summed E-state index contributed by atoms with van der Waals surface area (Å²) in [4.78, 5) is 22.0. The van der Waals surface area contributed by atoms with Crippen molar-refractivity contribution in [3.8, 4) is 0 Å². The molecule has 3 heterocycles. The van der Waals surface area contributed by atoms with E-state index in [-0.39, 0.29) is 17.2 Å². The van der Waals surface area contributed by atoms with Crippen molar-refractivity contribution < 1.29 is 4.79 Å². The van der Waals surface area contributed by atoms with Crippen molar-refractivity contribution in [2.75, 3.05) is 0 Å². The summed E-state index contributed by atoms with van der Waals surface area (Å²) in [5.74, 6) is 0.841. The van der Waals surface area contributed by atoms with Gasteiger partial charge in [-0.05, 0) is 30.4 Å². The lowest BCUT2D eigenvalue weighted by molar-refractivity contribution is -0.131. The Hall–Kier alpha value is -1.69. The van der Waals surface area contributed by atoms with E-state index in [2.05, 4.69) is 15.1 Å². The fraction of sp³-hybridized carbons (Fsp3) is 0.538. The van der Waals surface area contributed by atoms with E-state index >= 15 is 0 Å². The highest BCUT2D eigenvalue weighted by Gasteiger charge is 2.53. The maximum Gasteiger partial charge on any atom is 0.224 e. The summed E-state index contributed by atoms with van der Waals surface area (Å²) in [5.41, 5.74) is 0.731. The molecule has 3 atom stereocenters. The zero-order valence-corrected chi connectivity index (χ0v) is 11.8. The Bertz CT molecular complexity index is 699. The molecule has 0 N–H and O–H groups in total. The van der Waals surface area contributed by atoms with E-state index < -0.39 is 0 Å². The van der Waals surface area contributed by atoms with E-state index in [1.807, 2.05) is 9.58 Å². The van der Waals surface area contributed by atoms with Crippen molar-refractivity contribution >= 4 is 28.5 Å². The largest absolute Gasteiger partial charge is 0.335 e. The summed E-state index contributed by atoms with van der Waals surface area (Å²) < 4.78 is 1.83. The summed E-state index contributed by atoms with van der Waals surface area (Å²) in [6, 6.07) is 0.672. The van der Waals surface area contributed by atoms with Crippen LogP contribution in [0.25, 0.3) is 11.0 Å². The lowest BCUT2D eigenvalue weighted by Gasteiger charge is -2.26. The predicted octanol–water partition coefficient (Wildman–Crippen LogP) is 1.49. The normalized spacial score (nSPS) is 27.9. The molecule has 2 aromatic heterocycles. The number of hydrogen-bond donors (Lipinski definition) is 0. The maximum absolute atomic E-state index is 11.8. The Morgan fingerprint density at radius 3 is 3.10 bits per heavy atom. The van der Waals surface area contributed by atoms with E-state index in [1.165, 1.54) is 0 Å². The van der Waals surface area contributed by atoms with Crippen LogP contribution in [0.15, 0.2) is 12.4 Å². The second-order valence-electron chi connectivity index (χ2n) is 5.62. The van der Waals surface area contributed by atoms with Crippen molar-refractivity contribution in [2.45, 2.75) is 38.4 Å². The van der Waals surface area contributed by atoms with Crippen molar-refractivity contribution in [2.24, 2.45) is 5.92 Å². The number of carbonyl (C=O) groups is 1. The predicted molar refractivity (Wildman–Crippen MR) is 73.2 cm³/mol. The van der Waals surface area contributed by atoms with Crippen LogP contribution in [0.5, 0.6) is 0 Å². The van der Waals surface area contributed by atoms with Crippen LogP contribution >= 0.6 is 11.6 Å². The molecule has 6 nitrogen and oxygen atoms in total. The third kappa shape index (κ3) is 1.78. The van der Waals surface area contributed by atoms with Gasteiger partial charge in [-0.1, -0.05) is 0 Å². The Kier molecular flexibility index (Phi) is 2.51. The molecule has 0 aromatic carbocycles. The van der Waals surface area contributed by atoms with Crippen LogP contribution in [0.1, 0.15) is 19.8 Å². The van der Waals surface area contributed by atoms with Crippen LogP contribution in [0.4, 0.5) is 0 Å². The number of fused-ring (bicyclic) bond motifs is 2. The average Bonchev–Trinajstić information content (AvgIpc) is 2.89. The molecule has 2 aliphatic rings. The first-order valence-electron chi connectivity index (χ1n) is 6.76. The number of carbonyl (C=O) groups excluding carboxylic acids is 1. The van der Waals surface area contributed by atoms with Gasteiger partial charge in [0, 0.05) is 19.2 Å². The molecule has 1 aliphatic carbocycles. The molecule has 7 heteroatoms. The van der Waals surface area contributed by atoms with E-state index in [9.17, 15) is 4.79 Å². The topological polar surface area (TPSA) is 63.9 Å². The van der Waals surface area contributed by atoms with Crippen LogP contribution < -0.4 is 0 Å². The molecule has 104 valence electrons. The lowest BCUT2D eigenvalue weighted by Crippen LogP contribution is -2.39. The third-order valence-electron chi connectivity index (χ3n) is 4.31. The molecular formula is C13H14ClN5O. The first kappa shape index (κ1) is 12.1. The minimum Gasteiger partial charge on any atom is -0.335 e. The Morgan fingerprint density at radius 1 is 1.45 bits per heavy atom. The van der Waals surface area contributed by atoms with Gasteiger partial charge in [0.05, 0.1) is 24.2 Å². The van der Waals surface area contributed by atoms with Crippen LogP contribution in [0.3, 0.4) is 0 Å². The first-order valence-corrected chi connectivity index (χ1v) is 7.14.